The molecule has 1 aliphatic heterocycles. The fraction of sp³-hybridized carbons (Fsp3) is 0.200. The maximum Gasteiger partial charge on any atom is 2.00 e. The number of furan rings is 1. The molecule has 0 saturated carbocycles. The number of aromatic nitrogens is 2. The fourth-order valence-corrected chi connectivity index (χ4v) is 9.25. The Hall–Kier alpha value is -6.91. The van der Waals surface area contributed by atoms with Crippen molar-refractivity contribution in [3.8, 4) is 28.4 Å². The van der Waals surface area contributed by atoms with Crippen molar-refractivity contribution >= 4 is 72.5 Å². The number of hydrogen-bond acceptors (Lipinski definition) is 3. The van der Waals surface area contributed by atoms with Crippen molar-refractivity contribution in [1.82, 2.24) is 18.7 Å². The molecule has 7 aromatic carbocycles. The molecule has 338 valence electrons. The van der Waals surface area contributed by atoms with Gasteiger partial charge in [0.25, 0.3) is 5.69 Å². The van der Waals surface area contributed by atoms with Gasteiger partial charge in [-0.15, -0.1) is 23.6 Å². The van der Waals surface area contributed by atoms with Crippen LogP contribution in [0.2, 0.25) is 0 Å². The van der Waals surface area contributed by atoms with Gasteiger partial charge in [-0.1, -0.05) is 133 Å². The zero-order chi connectivity index (χ0) is 46.6. The predicted octanol–water partition coefficient (Wildman–Crippen LogP) is 16.0. The molecule has 6 nitrogen and oxygen atoms in total. The molecule has 0 saturated heterocycles. The van der Waals surface area contributed by atoms with Crippen LogP contribution in [-0.2, 0) is 37.3 Å². The van der Waals surface area contributed by atoms with Gasteiger partial charge in [-0.05, 0) is 85.4 Å². The van der Waals surface area contributed by atoms with E-state index in [9.17, 15) is 4.39 Å². The maximum absolute atomic E-state index is 14.8. The topological polar surface area (TPSA) is 46.2 Å². The first-order chi connectivity index (χ1) is 32.0. The monoisotopic (exact) mass is 1070 g/mol. The molecule has 3 aromatic heterocycles. The molecule has 11 rings (SSSR count). The maximum atomic E-state index is 14.8. The van der Waals surface area contributed by atoms with Crippen molar-refractivity contribution < 1.29 is 34.6 Å². The second kappa shape index (κ2) is 16.4. The Morgan fingerprint density at radius 1 is 0.603 bits per heavy atom. The average Bonchev–Trinajstić information content (AvgIpc) is 3.98. The molecule has 0 N–H and O–H groups in total. The van der Waals surface area contributed by atoms with Crippen LogP contribution < -0.4 is 13.9 Å². The molecule has 0 atom stereocenters. The molecule has 0 fully saturated rings. The Labute approximate surface area is 410 Å². The van der Waals surface area contributed by atoms with Crippen LogP contribution >= 0.6 is 0 Å². The Bertz CT molecular complexity index is 3710. The molecule has 10 aromatic rings. The van der Waals surface area contributed by atoms with Gasteiger partial charge in [0, 0.05) is 57.7 Å². The van der Waals surface area contributed by atoms with Gasteiger partial charge in [0.05, 0.1) is 5.56 Å². The van der Waals surface area contributed by atoms with Gasteiger partial charge in [-0.2, -0.15) is 12.1 Å². The third kappa shape index (κ3) is 7.78. The van der Waals surface area contributed by atoms with Gasteiger partial charge < -0.3 is 13.7 Å². The van der Waals surface area contributed by atoms with E-state index in [2.05, 4.69) is 162 Å². The number of para-hydroxylation sites is 3. The van der Waals surface area contributed by atoms with E-state index >= 15 is 0 Å². The Morgan fingerprint density at radius 2 is 1.29 bits per heavy atom. The Balaban J connectivity index is 0.00000539. The van der Waals surface area contributed by atoms with E-state index in [-0.39, 0.29) is 43.1 Å². The van der Waals surface area contributed by atoms with Gasteiger partial charge in [-0.3, -0.25) is 0 Å². The second-order valence-corrected chi connectivity index (χ2v) is 20.7. The molecule has 4 heterocycles. The summed E-state index contributed by atoms with van der Waals surface area (Å²) in [7, 11) is 0. The number of benzene rings is 7. The number of halogens is 1. The van der Waals surface area contributed by atoms with Gasteiger partial charge in [-0.25, -0.2) is 9.37 Å². The van der Waals surface area contributed by atoms with Crippen LogP contribution in [0.25, 0.3) is 60.7 Å². The molecule has 0 amide bonds. The number of pyridine rings is 1. The summed E-state index contributed by atoms with van der Waals surface area (Å²) in [6, 6.07) is 57.6. The fourth-order valence-electron chi connectivity index (χ4n) is 9.25. The quantitative estimate of drug-likeness (QED) is 0.123. The molecular formula is C60H51FN4O2Pt+2. The van der Waals surface area contributed by atoms with Crippen molar-refractivity contribution in [3.05, 3.63) is 180 Å². The first-order valence-corrected chi connectivity index (χ1v) is 22.9. The molecule has 0 bridgehead atoms. The first kappa shape index (κ1) is 44.9. The van der Waals surface area contributed by atoms with Gasteiger partial charge in [0.15, 0.2) is 0 Å². The summed E-state index contributed by atoms with van der Waals surface area (Å²) >= 11 is 0. The average molecular weight is 1070 g/mol. The molecule has 0 unspecified atom stereocenters. The first-order valence-electron chi connectivity index (χ1n) is 22.9. The van der Waals surface area contributed by atoms with Gasteiger partial charge in [0.2, 0.25) is 5.69 Å². The van der Waals surface area contributed by atoms with Crippen LogP contribution in [0.5, 0.6) is 11.5 Å². The molecule has 0 spiro atoms. The third-order valence-electron chi connectivity index (χ3n) is 12.9. The van der Waals surface area contributed by atoms with E-state index in [0.29, 0.717) is 11.5 Å². The second-order valence-electron chi connectivity index (χ2n) is 20.7. The smallest absolute Gasteiger partial charge is 0.509 e. The standard InChI is InChI=1S/C60H51FN4O2.Pt/c1-58(2,3)37-27-28-62-55(32-37)65-51-26-23-40(61)33-50(51)45-25-24-44(35-53(45)65)66-43-16-12-15-41(34-43)63-36-64(42-30-38(59(4,5)6)29-39(31-42)60(7,8)9)56-47(18-14-21-52(56)63)49-20-13-19-48-46-17-10-11-22-54(46)67-57(48)49;/h10-33H,1-9H3;/q;+2. The largest absolute Gasteiger partial charge is 2.00 e. The Morgan fingerprint density at radius 3 is 2.06 bits per heavy atom. The number of hydrogen-bond donors (Lipinski definition) is 0. The Kier molecular flexibility index (Phi) is 10.8. The van der Waals surface area contributed by atoms with Crippen molar-refractivity contribution in [2.24, 2.45) is 0 Å². The van der Waals surface area contributed by atoms with Crippen molar-refractivity contribution in [1.29, 1.82) is 0 Å². The van der Waals surface area contributed by atoms with E-state index in [0.717, 1.165) is 89.0 Å². The summed E-state index contributed by atoms with van der Waals surface area (Å²) in [6.45, 7) is 20.1. The van der Waals surface area contributed by atoms with E-state index in [1.807, 2.05) is 59.3 Å². The SMILES string of the molecule is CC(C)(C)c1cc([N+]2=C=[N+](c3[c-]c(Oc4[c-]c5c(cc4)c4cc(F)ccc4n5-c4cc(C(C)(C)C)ccn4)ccc3)c3cccc(-c4cccc5c4oc4ccccc45)c32)cc(C(C)(C)C)c1.[Pt+2]. The number of fused-ring (bicyclic) bond motifs is 7. The van der Waals surface area contributed by atoms with Crippen molar-refractivity contribution in [2.75, 3.05) is 0 Å². The summed E-state index contributed by atoms with van der Waals surface area (Å²) in [5, 5.41) is 3.78. The summed E-state index contributed by atoms with van der Waals surface area (Å²) < 4.78 is 34.4. The van der Waals surface area contributed by atoms with Crippen molar-refractivity contribution in [3.63, 3.8) is 0 Å². The van der Waals surface area contributed by atoms with E-state index in [1.165, 1.54) is 17.2 Å². The summed E-state index contributed by atoms with van der Waals surface area (Å²) in [5.74, 6) is 1.41. The van der Waals surface area contributed by atoms with Gasteiger partial charge in [0.1, 0.15) is 28.5 Å². The minimum Gasteiger partial charge on any atom is -0.509 e. The molecule has 68 heavy (non-hydrogen) atoms. The predicted molar refractivity (Wildman–Crippen MR) is 272 cm³/mol. The molecule has 0 aliphatic carbocycles. The third-order valence-corrected chi connectivity index (χ3v) is 12.9. The van der Waals surface area contributed by atoms with E-state index < -0.39 is 0 Å². The summed E-state index contributed by atoms with van der Waals surface area (Å²) in [5.41, 5.74) is 12.3. The van der Waals surface area contributed by atoms with Crippen LogP contribution in [0.4, 0.5) is 27.1 Å². The van der Waals surface area contributed by atoms with Crippen molar-refractivity contribution in [2.45, 2.75) is 78.6 Å². The minimum absolute atomic E-state index is 0. The molecule has 1 aliphatic rings. The molecular weight excluding hydrogens is 1020 g/mol. The molecule has 8 heteroatoms. The van der Waals surface area contributed by atoms with Gasteiger partial charge >= 0.3 is 32.8 Å². The van der Waals surface area contributed by atoms with Crippen LogP contribution in [0, 0.1) is 17.9 Å². The van der Waals surface area contributed by atoms with Crippen LogP contribution in [0.3, 0.4) is 0 Å². The van der Waals surface area contributed by atoms with Crippen LogP contribution in [-0.4, -0.2) is 15.6 Å². The van der Waals surface area contributed by atoms with E-state index in [1.54, 1.807) is 12.1 Å². The normalized spacial score (nSPS) is 13.0. The minimum atomic E-state index is -0.305. The summed E-state index contributed by atoms with van der Waals surface area (Å²) in [4.78, 5) is 4.80. The van der Waals surface area contributed by atoms with Crippen LogP contribution in [0.15, 0.2) is 150 Å². The van der Waals surface area contributed by atoms with E-state index in [4.69, 9.17) is 14.1 Å². The number of nitrogens with zero attached hydrogens (tertiary/aromatic N) is 4. The zero-order valence-corrected chi connectivity index (χ0v) is 41.9. The summed E-state index contributed by atoms with van der Waals surface area (Å²) in [6.07, 6.45) is 1.83. The zero-order valence-electron chi connectivity index (χ0n) is 39.7. The number of rotatable bonds is 6. The van der Waals surface area contributed by atoms with Crippen LogP contribution in [0.1, 0.15) is 79.0 Å². The molecule has 0 radical (unpaired) electrons. The number of ether oxygens (including phenoxy) is 1.